The molecule has 0 aromatic heterocycles. The summed E-state index contributed by atoms with van der Waals surface area (Å²) in [4.78, 5) is 0. The predicted molar refractivity (Wildman–Crippen MR) is 85.7 cm³/mol. The van der Waals surface area contributed by atoms with Gasteiger partial charge in [0.25, 0.3) is 0 Å². The Kier molecular flexibility index (Phi) is 7.05. The smallest absolute Gasteiger partial charge is 0.0598 e. The Labute approximate surface area is 126 Å². The van der Waals surface area contributed by atoms with Gasteiger partial charge >= 0.3 is 0 Å². The molecule has 2 nitrogen and oxygen atoms in total. The maximum atomic E-state index is 5.86. The summed E-state index contributed by atoms with van der Waals surface area (Å²) in [6, 6.07) is 8.47. The second kappa shape index (κ2) is 8.03. The second-order valence-electron chi connectivity index (χ2n) is 5.78. The first-order chi connectivity index (χ1) is 8.94. The molecule has 0 aliphatic heterocycles. The third-order valence-corrected chi connectivity index (χ3v) is 3.71. The predicted octanol–water partition coefficient (Wildman–Crippen LogP) is 4.35. The summed E-state index contributed by atoms with van der Waals surface area (Å²) in [5.74, 6) is 0.484. The zero-order valence-electron chi connectivity index (χ0n) is 12.5. The first-order valence-electron chi connectivity index (χ1n) is 7.03. The summed E-state index contributed by atoms with van der Waals surface area (Å²) >= 11 is 3.65. The zero-order valence-corrected chi connectivity index (χ0v) is 14.1. The van der Waals surface area contributed by atoms with Crippen LogP contribution in [0.25, 0.3) is 0 Å². The van der Waals surface area contributed by atoms with Crippen LogP contribution in [0.5, 0.6) is 0 Å². The standard InChI is InChI=1S/C16H26BrNO/c1-5-18-12-13(10-11-19-16(2,3)4)14-8-6-7-9-15(14)17/h6-9,13,18H,5,10-12H2,1-4H3. The average Bonchev–Trinajstić information content (AvgIpc) is 2.33. The lowest BCUT2D eigenvalue weighted by molar-refractivity contribution is -0.00624. The summed E-state index contributed by atoms with van der Waals surface area (Å²) in [6.45, 7) is 11.2. The van der Waals surface area contributed by atoms with Crippen molar-refractivity contribution in [2.45, 2.75) is 45.6 Å². The number of hydrogen-bond donors (Lipinski definition) is 1. The third kappa shape index (κ3) is 6.55. The molecule has 108 valence electrons. The highest BCUT2D eigenvalue weighted by Gasteiger charge is 2.16. The molecule has 0 amide bonds. The molecular formula is C16H26BrNO. The molecule has 1 rings (SSSR count). The molecule has 0 aliphatic rings. The van der Waals surface area contributed by atoms with Gasteiger partial charge in [0, 0.05) is 17.6 Å². The Bertz CT molecular complexity index is 373. The normalized spacial score (nSPS) is 13.5. The van der Waals surface area contributed by atoms with Crippen LogP contribution in [0, 0.1) is 0 Å². The van der Waals surface area contributed by atoms with Crippen molar-refractivity contribution >= 4 is 15.9 Å². The van der Waals surface area contributed by atoms with Gasteiger partial charge in [-0.2, -0.15) is 0 Å². The Morgan fingerprint density at radius 3 is 2.53 bits per heavy atom. The second-order valence-corrected chi connectivity index (χ2v) is 6.63. The van der Waals surface area contributed by atoms with E-state index in [1.165, 1.54) is 10.0 Å². The first kappa shape index (κ1) is 16.7. The lowest BCUT2D eigenvalue weighted by atomic mass is 9.96. The van der Waals surface area contributed by atoms with Crippen molar-refractivity contribution in [2.75, 3.05) is 19.7 Å². The monoisotopic (exact) mass is 327 g/mol. The van der Waals surface area contributed by atoms with Gasteiger partial charge in [-0.1, -0.05) is 41.1 Å². The van der Waals surface area contributed by atoms with Gasteiger partial charge in [0.2, 0.25) is 0 Å². The Morgan fingerprint density at radius 1 is 1.26 bits per heavy atom. The van der Waals surface area contributed by atoms with Crippen LogP contribution in [0.4, 0.5) is 0 Å². The van der Waals surface area contributed by atoms with Crippen LogP contribution in [-0.4, -0.2) is 25.3 Å². The van der Waals surface area contributed by atoms with Crippen LogP contribution < -0.4 is 5.32 Å². The molecule has 0 spiro atoms. The number of likely N-dealkylation sites (N-methyl/N-ethyl adjacent to an activating group) is 1. The van der Waals surface area contributed by atoms with Crippen LogP contribution in [0.3, 0.4) is 0 Å². The van der Waals surface area contributed by atoms with Crippen LogP contribution in [0.2, 0.25) is 0 Å². The topological polar surface area (TPSA) is 21.3 Å². The van der Waals surface area contributed by atoms with Crippen LogP contribution in [0.1, 0.15) is 45.6 Å². The number of benzene rings is 1. The van der Waals surface area contributed by atoms with Crippen molar-refractivity contribution in [3.63, 3.8) is 0 Å². The van der Waals surface area contributed by atoms with Gasteiger partial charge in [0.05, 0.1) is 5.60 Å². The van der Waals surface area contributed by atoms with Crippen LogP contribution >= 0.6 is 15.9 Å². The molecule has 1 aromatic rings. The molecule has 3 heteroatoms. The molecule has 1 atom stereocenters. The lowest BCUT2D eigenvalue weighted by Gasteiger charge is -2.23. The van der Waals surface area contributed by atoms with Gasteiger partial charge in [-0.05, 0) is 51.3 Å². The third-order valence-electron chi connectivity index (χ3n) is 2.99. The summed E-state index contributed by atoms with van der Waals surface area (Å²) in [6.07, 6.45) is 1.03. The van der Waals surface area contributed by atoms with E-state index in [0.717, 1.165) is 26.1 Å². The van der Waals surface area contributed by atoms with E-state index in [9.17, 15) is 0 Å². The Hall–Kier alpha value is -0.380. The van der Waals surface area contributed by atoms with Gasteiger partial charge in [-0.3, -0.25) is 0 Å². The van der Waals surface area contributed by atoms with Gasteiger partial charge in [0.15, 0.2) is 0 Å². The molecule has 0 fully saturated rings. The molecular weight excluding hydrogens is 302 g/mol. The molecule has 0 aliphatic carbocycles. The van der Waals surface area contributed by atoms with E-state index in [0.29, 0.717) is 5.92 Å². The Balaban J connectivity index is 2.64. The van der Waals surface area contributed by atoms with Crippen molar-refractivity contribution in [3.05, 3.63) is 34.3 Å². The molecule has 0 bridgehead atoms. The minimum absolute atomic E-state index is 0.0589. The van der Waals surface area contributed by atoms with Gasteiger partial charge in [0.1, 0.15) is 0 Å². The quantitative estimate of drug-likeness (QED) is 0.803. The number of rotatable bonds is 7. The van der Waals surface area contributed by atoms with Crippen molar-refractivity contribution in [1.29, 1.82) is 0 Å². The number of hydrogen-bond acceptors (Lipinski definition) is 2. The lowest BCUT2D eigenvalue weighted by Crippen LogP contribution is -2.25. The molecule has 19 heavy (non-hydrogen) atoms. The summed E-state index contributed by atoms with van der Waals surface area (Å²) in [5, 5.41) is 3.45. The van der Waals surface area contributed by atoms with Crippen molar-refractivity contribution in [2.24, 2.45) is 0 Å². The van der Waals surface area contributed by atoms with E-state index in [2.05, 4.69) is 73.2 Å². The van der Waals surface area contributed by atoms with Gasteiger partial charge in [-0.25, -0.2) is 0 Å². The highest BCUT2D eigenvalue weighted by atomic mass is 79.9. The SMILES string of the molecule is CCNCC(CCOC(C)(C)C)c1ccccc1Br. The number of nitrogens with one attached hydrogen (secondary N) is 1. The molecule has 0 saturated carbocycles. The van der Waals surface area contributed by atoms with E-state index < -0.39 is 0 Å². The van der Waals surface area contributed by atoms with Crippen molar-refractivity contribution < 1.29 is 4.74 Å². The van der Waals surface area contributed by atoms with Gasteiger partial charge in [-0.15, -0.1) is 0 Å². The fourth-order valence-corrected chi connectivity index (χ4v) is 2.61. The maximum Gasteiger partial charge on any atom is 0.0598 e. The first-order valence-corrected chi connectivity index (χ1v) is 7.82. The highest BCUT2D eigenvalue weighted by Crippen LogP contribution is 2.27. The molecule has 0 radical (unpaired) electrons. The highest BCUT2D eigenvalue weighted by molar-refractivity contribution is 9.10. The number of halogens is 1. The van der Waals surface area contributed by atoms with E-state index in [-0.39, 0.29) is 5.60 Å². The molecule has 0 heterocycles. The number of ether oxygens (including phenoxy) is 1. The molecule has 1 N–H and O–H groups in total. The molecule has 0 saturated heterocycles. The maximum absolute atomic E-state index is 5.86. The largest absolute Gasteiger partial charge is 0.376 e. The van der Waals surface area contributed by atoms with Crippen molar-refractivity contribution in [1.82, 2.24) is 5.32 Å². The van der Waals surface area contributed by atoms with Crippen LogP contribution in [0.15, 0.2) is 28.7 Å². The average molecular weight is 328 g/mol. The van der Waals surface area contributed by atoms with E-state index in [4.69, 9.17) is 4.74 Å². The van der Waals surface area contributed by atoms with Crippen LogP contribution in [-0.2, 0) is 4.74 Å². The van der Waals surface area contributed by atoms with E-state index in [1.807, 2.05) is 0 Å². The fraction of sp³-hybridized carbons (Fsp3) is 0.625. The summed E-state index contributed by atoms with van der Waals surface area (Å²) in [5.41, 5.74) is 1.30. The fourth-order valence-electron chi connectivity index (χ4n) is 2.00. The van der Waals surface area contributed by atoms with Crippen molar-refractivity contribution in [3.8, 4) is 0 Å². The summed E-state index contributed by atoms with van der Waals surface area (Å²) in [7, 11) is 0. The van der Waals surface area contributed by atoms with E-state index in [1.54, 1.807) is 0 Å². The minimum atomic E-state index is -0.0589. The Morgan fingerprint density at radius 2 is 1.95 bits per heavy atom. The zero-order chi connectivity index (χ0) is 14.3. The molecule has 1 aromatic carbocycles. The minimum Gasteiger partial charge on any atom is -0.376 e. The summed E-state index contributed by atoms with van der Waals surface area (Å²) < 4.78 is 7.05. The molecule has 1 unspecified atom stereocenters. The van der Waals surface area contributed by atoms with E-state index >= 15 is 0 Å². The van der Waals surface area contributed by atoms with Gasteiger partial charge < -0.3 is 10.1 Å².